The van der Waals surface area contributed by atoms with Crippen LogP contribution in [0.3, 0.4) is 0 Å². The molecular formula is C29H26NO+. The normalized spacial score (nSPS) is 18.8. The molecule has 3 aromatic carbocycles. The van der Waals surface area contributed by atoms with Gasteiger partial charge in [-0.25, -0.2) is 4.57 Å². The van der Waals surface area contributed by atoms with Crippen molar-refractivity contribution in [2.24, 2.45) is 7.05 Å². The largest absolute Gasteiger partial charge is 0.455 e. The lowest BCUT2D eigenvalue weighted by Crippen LogP contribution is -2.30. The smallest absolute Gasteiger partial charge is 0.216 e. The summed E-state index contributed by atoms with van der Waals surface area (Å²) in [7, 11) is 2.03. The Morgan fingerprint density at radius 2 is 1.61 bits per heavy atom. The van der Waals surface area contributed by atoms with Crippen LogP contribution in [0, 0.1) is 6.92 Å². The molecule has 2 heteroatoms. The topological polar surface area (TPSA) is 17.0 Å². The van der Waals surface area contributed by atoms with Crippen LogP contribution in [0.4, 0.5) is 0 Å². The van der Waals surface area contributed by atoms with Gasteiger partial charge in [0.05, 0.1) is 5.56 Å². The van der Waals surface area contributed by atoms with Gasteiger partial charge in [-0.1, -0.05) is 36.4 Å². The number of furan rings is 1. The van der Waals surface area contributed by atoms with Crippen LogP contribution in [0.5, 0.6) is 0 Å². The van der Waals surface area contributed by atoms with Gasteiger partial charge in [0.25, 0.3) is 0 Å². The molecule has 0 unspecified atom stereocenters. The van der Waals surface area contributed by atoms with Gasteiger partial charge in [-0.2, -0.15) is 0 Å². The summed E-state index contributed by atoms with van der Waals surface area (Å²) in [6.45, 7) is 2.10. The second-order valence-electron chi connectivity index (χ2n) is 8.26. The van der Waals surface area contributed by atoms with Crippen molar-refractivity contribution in [1.29, 1.82) is 0 Å². The molecule has 0 bridgehead atoms. The van der Waals surface area contributed by atoms with Gasteiger partial charge in [0.1, 0.15) is 18.2 Å². The molecule has 0 aliphatic heterocycles. The van der Waals surface area contributed by atoms with E-state index in [-0.39, 0.29) is 12.8 Å². The third-order valence-electron chi connectivity index (χ3n) is 6.27. The van der Waals surface area contributed by atoms with Crippen molar-refractivity contribution in [3.63, 3.8) is 0 Å². The van der Waals surface area contributed by atoms with Crippen molar-refractivity contribution < 1.29 is 14.5 Å². The molecule has 1 aliphatic rings. The van der Waals surface area contributed by atoms with Gasteiger partial charge in [-0.3, -0.25) is 0 Å². The van der Waals surface area contributed by atoms with E-state index in [1.807, 2.05) is 49.6 Å². The molecule has 0 radical (unpaired) electrons. The van der Waals surface area contributed by atoms with Crippen LogP contribution in [0.1, 0.15) is 35.0 Å². The molecule has 152 valence electrons. The highest BCUT2D eigenvalue weighted by Gasteiger charge is 2.20. The van der Waals surface area contributed by atoms with Gasteiger partial charge in [-0.05, 0) is 78.5 Å². The lowest BCUT2D eigenvalue weighted by atomic mass is 9.89. The molecule has 6 rings (SSSR count). The Morgan fingerprint density at radius 1 is 0.839 bits per heavy atom. The van der Waals surface area contributed by atoms with Gasteiger partial charge in [-0.15, -0.1) is 0 Å². The number of benzene rings is 3. The third kappa shape index (κ3) is 2.97. The predicted octanol–water partition coefficient (Wildman–Crippen LogP) is 6.93. The van der Waals surface area contributed by atoms with Crippen LogP contribution in [0.15, 0.2) is 77.3 Å². The summed E-state index contributed by atoms with van der Waals surface area (Å²) in [5.74, 6) is 0. The van der Waals surface area contributed by atoms with Crippen LogP contribution < -0.4 is 4.57 Å². The number of rotatable bonds is 2. The zero-order chi connectivity index (χ0) is 24.5. The molecule has 1 aliphatic carbocycles. The number of pyridine rings is 1. The maximum Gasteiger partial charge on any atom is 0.216 e. The highest BCUT2D eigenvalue weighted by molar-refractivity contribution is 6.10. The van der Waals surface area contributed by atoms with E-state index in [2.05, 4.69) is 35.8 Å². The first-order valence-electron chi connectivity index (χ1n) is 12.7. The number of hydrogen-bond donors (Lipinski definition) is 0. The Labute approximate surface area is 188 Å². The van der Waals surface area contributed by atoms with Crippen LogP contribution >= 0.6 is 0 Å². The monoisotopic (exact) mass is 408 g/mol. The molecule has 0 atom stereocenters. The molecule has 0 amide bonds. The summed E-state index contributed by atoms with van der Waals surface area (Å²) in [5, 5.41) is 2.10. The molecular weight excluding hydrogens is 378 g/mol. The summed E-state index contributed by atoms with van der Waals surface area (Å²) in [6.07, 6.45) is -0.649. The summed E-state index contributed by atoms with van der Waals surface area (Å²) in [6, 6.07) is 21.9. The second kappa shape index (κ2) is 7.09. The number of nitrogens with zero attached hydrogens (tertiary/aromatic N) is 1. The molecule has 2 nitrogen and oxygen atoms in total. The molecule has 2 aromatic heterocycles. The Morgan fingerprint density at radius 3 is 2.48 bits per heavy atom. The molecule has 0 saturated carbocycles. The summed E-state index contributed by atoms with van der Waals surface area (Å²) >= 11 is 0. The molecule has 5 aromatic rings. The fourth-order valence-corrected chi connectivity index (χ4v) is 4.64. The minimum Gasteiger partial charge on any atom is -0.455 e. The quantitative estimate of drug-likeness (QED) is 0.289. The first kappa shape index (κ1) is 14.6. The van der Waals surface area contributed by atoms with Crippen LogP contribution in [0.2, 0.25) is 0 Å². The average molecular weight is 409 g/mol. The lowest BCUT2D eigenvalue weighted by Gasteiger charge is -2.16. The number of aromatic nitrogens is 1. The Kier molecular flexibility index (Phi) is 3.34. The standard InChI is InChI=1S/C29H26NO/c1-19-10-14-25-24-15-13-23(22-12-11-20-7-3-4-8-21(20)17-22)18-27(24)31-29(25)28(19)26-9-5-6-16-30(26)2/h5-6,9-18H,3-4,7-8H2,1-2H3/q+1/i7D2,8D2. The zero-order valence-electron chi connectivity index (χ0n) is 21.7. The van der Waals surface area contributed by atoms with Crippen molar-refractivity contribution in [2.45, 2.75) is 32.5 Å². The van der Waals surface area contributed by atoms with E-state index in [1.54, 1.807) is 6.07 Å². The summed E-state index contributed by atoms with van der Waals surface area (Å²) in [4.78, 5) is 0. The van der Waals surface area contributed by atoms with Crippen LogP contribution in [0.25, 0.3) is 44.3 Å². The van der Waals surface area contributed by atoms with E-state index in [9.17, 15) is 0 Å². The van der Waals surface area contributed by atoms with Crippen molar-refractivity contribution in [2.75, 3.05) is 0 Å². The first-order chi connectivity index (χ1) is 16.7. The van der Waals surface area contributed by atoms with E-state index >= 15 is 0 Å². The maximum atomic E-state index is 8.47. The minimum atomic E-state index is -1.54. The van der Waals surface area contributed by atoms with E-state index in [0.29, 0.717) is 11.1 Å². The van der Waals surface area contributed by atoms with Crippen molar-refractivity contribution in [3.8, 4) is 22.4 Å². The third-order valence-corrected chi connectivity index (χ3v) is 6.27. The lowest BCUT2D eigenvalue weighted by molar-refractivity contribution is -0.660. The Bertz CT molecular complexity index is 1630. The van der Waals surface area contributed by atoms with Gasteiger partial charge in [0.2, 0.25) is 5.69 Å². The van der Waals surface area contributed by atoms with Gasteiger partial charge < -0.3 is 4.42 Å². The van der Waals surface area contributed by atoms with E-state index in [4.69, 9.17) is 9.90 Å². The van der Waals surface area contributed by atoms with Crippen molar-refractivity contribution in [3.05, 3.63) is 89.6 Å². The fraction of sp³-hybridized carbons (Fsp3) is 0.207. The highest BCUT2D eigenvalue weighted by Crippen LogP contribution is 2.38. The number of fused-ring (bicyclic) bond motifs is 4. The molecule has 0 saturated heterocycles. The van der Waals surface area contributed by atoms with Gasteiger partial charge >= 0.3 is 0 Å². The summed E-state index contributed by atoms with van der Waals surface area (Å²) < 4.78 is 42.2. The summed E-state index contributed by atoms with van der Waals surface area (Å²) in [5.41, 5.74) is 7.62. The van der Waals surface area contributed by atoms with E-state index in [1.165, 1.54) is 0 Å². The molecule has 0 spiro atoms. The predicted molar refractivity (Wildman–Crippen MR) is 127 cm³/mol. The van der Waals surface area contributed by atoms with E-state index in [0.717, 1.165) is 49.9 Å². The Balaban J connectivity index is 1.53. The molecule has 0 N–H and O–H groups in total. The minimum absolute atomic E-state index is 0.179. The average Bonchev–Trinajstić information content (AvgIpc) is 3.20. The van der Waals surface area contributed by atoms with Crippen molar-refractivity contribution in [1.82, 2.24) is 0 Å². The second-order valence-corrected chi connectivity index (χ2v) is 8.26. The fourth-order valence-electron chi connectivity index (χ4n) is 4.64. The molecule has 0 fully saturated rings. The van der Waals surface area contributed by atoms with Gasteiger partial charge in [0.15, 0.2) is 6.20 Å². The SMILES string of the molecule is [2H]C1([2H])CCC([2H])([2H])c2cc(-c3ccc4c(c3)oc3c(-c5cccc[n+]5C)c(C)ccc34)ccc21. The highest BCUT2D eigenvalue weighted by atomic mass is 16.3. The zero-order valence-corrected chi connectivity index (χ0v) is 17.7. The number of hydrogen-bond acceptors (Lipinski definition) is 1. The number of aryl methyl sites for hydroxylation is 4. The van der Waals surface area contributed by atoms with Crippen molar-refractivity contribution >= 4 is 21.9 Å². The molecule has 2 heterocycles. The van der Waals surface area contributed by atoms with Crippen LogP contribution in [-0.2, 0) is 19.8 Å². The Hall–Kier alpha value is -3.39. The van der Waals surface area contributed by atoms with Crippen LogP contribution in [-0.4, -0.2) is 0 Å². The van der Waals surface area contributed by atoms with E-state index < -0.39 is 12.7 Å². The molecule has 31 heavy (non-hydrogen) atoms. The van der Waals surface area contributed by atoms with Gasteiger partial charge in [0, 0.05) is 28.4 Å². The maximum absolute atomic E-state index is 8.47. The first-order valence-corrected chi connectivity index (χ1v) is 10.7.